The van der Waals surface area contributed by atoms with Crippen LogP contribution in [0.25, 0.3) is 11.0 Å². The molecule has 0 unspecified atom stereocenters. The summed E-state index contributed by atoms with van der Waals surface area (Å²) in [6.45, 7) is 7.70. The van der Waals surface area contributed by atoms with Crippen molar-refractivity contribution in [1.29, 1.82) is 0 Å². The standard InChI is InChI=1S/C15H22N4O2/c1-5-21-8-6-7-16-15(20)12-9-10(2)17-14-13(12)11(3)18-19(14)4/h9H,5-8H2,1-4H3,(H,16,20). The molecule has 114 valence electrons. The van der Waals surface area contributed by atoms with Crippen molar-refractivity contribution in [2.45, 2.75) is 27.2 Å². The van der Waals surface area contributed by atoms with Gasteiger partial charge in [-0.05, 0) is 33.3 Å². The Labute approximate surface area is 124 Å². The van der Waals surface area contributed by atoms with E-state index in [0.29, 0.717) is 25.3 Å². The maximum atomic E-state index is 12.4. The molecule has 1 amide bonds. The summed E-state index contributed by atoms with van der Waals surface area (Å²) in [6.07, 6.45) is 0.804. The van der Waals surface area contributed by atoms with E-state index in [1.54, 1.807) is 4.68 Å². The Kier molecular flexibility index (Phi) is 4.90. The van der Waals surface area contributed by atoms with E-state index in [1.807, 2.05) is 33.9 Å². The second-order valence-electron chi connectivity index (χ2n) is 5.03. The van der Waals surface area contributed by atoms with E-state index >= 15 is 0 Å². The third-order valence-electron chi connectivity index (χ3n) is 3.30. The highest BCUT2D eigenvalue weighted by Crippen LogP contribution is 2.21. The first-order valence-electron chi connectivity index (χ1n) is 7.21. The van der Waals surface area contributed by atoms with Crippen LogP contribution in [-0.2, 0) is 11.8 Å². The molecule has 0 aromatic carbocycles. The van der Waals surface area contributed by atoms with Crippen LogP contribution in [0.1, 0.15) is 35.1 Å². The molecule has 1 N–H and O–H groups in total. The Morgan fingerprint density at radius 3 is 2.90 bits per heavy atom. The summed E-state index contributed by atoms with van der Waals surface area (Å²) in [6, 6.07) is 1.81. The average Bonchev–Trinajstić information content (AvgIpc) is 2.72. The summed E-state index contributed by atoms with van der Waals surface area (Å²) in [5.74, 6) is -0.0851. The maximum Gasteiger partial charge on any atom is 0.252 e. The first-order chi connectivity index (χ1) is 10.0. The van der Waals surface area contributed by atoms with E-state index in [0.717, 1.165) is 28.8 Å². The van der Waals surface area contributed by atoms with E-state index < -0.39 is 0 Å². The molecule has 6 nitrogen and oxygen atoms in total. The number of nitrogens with one attached hydrogen (secondary N) is 1. The van der Waals surface area contributed by atoms with Crippen LogP contribution in [0.3, 0.4) is 0 Å². The van der Waals surface area contributed by atoms with Gasteiger partial charge in [-0.1, -0.05) is 0 Å². The molecule has 0 radical (unpaired) electrons. The Balaban J connectivity index is 2.19. The van der Waals surface area contributed by atoms with Crippen LogP contribution in [0.2, 0.25) is 0 Å². The van der Waals surface area contributed by atoms with Gasteiger partial charge in [-0.15, -0.1) is 0 Å². The van der Waals surface area contributed by atoms with Gasteiger partial charge in [0.15, 0.2) is 5.65 Å². The Bertz CT molecular complexity index is 649. The van der Waals surface area contributed by atoms with Crippen LogP contribution in [-0.4, -0.2) is 40.4 Å². The van der Waals surface area contributed by atoms with Gasteiger partial charge in [-0.3, -0.25) is 9.48 Å². The van der Waals surface area contributed by atoms with Crippen molar-refractivity contribution in [3.63, 3.8) is 0 Å². The number of fused-ring (bicyclic) bond motifs is 1. The van der Waals surface area contributed by atoms with E-state index in [9.17, 15) is 4.79 Å². The van der Waals surface area contributed by atoms with Crippen molar-refractivity contribution in [2.75, 3.05) is 19.8 Å². The molecular weight excluding hydrogens is 268 g/mol. The lowest BCUT2D eigenvalue weighted by Gasteiger charge is -2.08. The lowest BCUT2D eigenvalue weighted by Crippen LogP contribution is -2.25. The molecule has 0 spiro atoms. The van der Waals surface area contributed by atoms with Crippen molar-refractivity contribution in [3.8, 4) is 0 Å². The topological polar surface area (TPSA) is 69.0 Å². The van der Waals surface area contributed by atoms with E-state index in [1.165, 1.54) is 0 Å². The zero-order valence-corrected chi connectivity index (χ0v) is 13.1. The highest BCUT2D eigenvalue weighted by molar-refractivity contribution is 6.06. The molecule has 0 aliphatic rings. The number of ether oxygens (including phenoxy) is 1. The fourth-order valence-electron chi connectivity index (χ4n) is 2.36. The Hall–Kier alpha value is -1.95. The molecule has 6 heteroatoms. The number of amides is 1. The van der Waals surface area contributed by atoms with Crippen molar-refractivity contribution in [2.24, 2.45) is 7.05 Å². The minimum Gasteiger partial charge on any atom is -0.382 e. The van der Waals surface area contributed by atoms with Gasteiger partial charge >= 0.3 is 0 Å². The van der Waals surface area contributed by atoms with Crippen LogP contribution in [0, 0.1) is 13.8 Å². The van der Waals surface area contributed by atoms with Crippen molar-refractivity contribution in [3.05, 3.63) is 23.0 Å². The quantitative estimate of drug-likeness (QED) is 0.823. The van der Waals surface area contributed by atoms with Gasteiger partial charge in [0, 0.05) is 32.5 Å². The van der Waals surface area contributed by atoms with E-state index in [4.69, 9.17) is 4.74 Å². The van der Waals surface area contributed by atoms with Crippen molar-refractivity contribution >= 4 is 16.9 Å². The van der Waals surface area contributed by atoms with Crippen LogP contribution < -0.4 is 5.32 Å². The summed E-state index contributed by atoms with van der Waals surface area (Å²) in [4.78, 5) is 16.8. The number of aromatic nitrogens is 3. The number of carbonyl (C=O) groups excluding carboxylic acids is 1. The summed E-state index contributed by atoms with van der Waals surface area (Å²) in [5, 5.41) is 8.10. The molecule has 0 atom stereocenters. The Morgan fingerprint density at radius 2 is 2.19 bits per heavy atom. The molecule has 2 aromatic heterocycles. The molecule has 0 aliphatic carbocycles. The highest BCUT2D eigenvalue weighted by atomic mass is 16.5. The number of aryl methyl sites for hydroxylation is 3. The predicted octanol–water partition coefficient (Wildman–Crippen LogP) is 1.74. The molecule has 2 aromatic rings. The molecule has 0 aliphatic heterocycles. The minimum atomic E-state index is -0.0851. The Morgan fingerprint density at radius 1 is 1.43 bits per heavy atom. The number of carbonyl (C=O) groups is 1. The van der Waals surface area contributed by atoms with Crippen LogP contribution in [0.5, 0.6) is 0 Å². The SMILES string of the molecule is CCOCCCNC(=O)c1cc(C)nc2c1c(C)nn2C. The predicted molar refractivity (Wildman–Crippen MR) is 81.4 cm³/mol. The van der Waals surface area contributed by atoms with Gasteiger partial charge in [0.05, 0.1) is 16.6 Å². The normalized spacial score (nSPS) is 11.0. The maximum absolute atomic E-state index is 12.4. The van der Waals surface area contributed by atoms with Gasteiger partial charge in [-0.25, -0.2) is 4.98 Å². The molecule has 2 rings (SSSR count). The second kappa shape index (κ2) is 6.67. The third-order valence-corrected chi connectivity index (χ3v) is 3.30. The van der Waals surface area contributed by atoms with E-state index in [-0.39, 0.29) is 5.91 Å². The van der Waals surface area contributed by atoms with Gasteiger partial charge in [0.2, 0.25) is 0 Å². The van der Waals surface area contributed by atoms with E-state index in [2.05, 4.69) is 15.4 Å². The lowest BCUT2D eigenvalue weighted by molar-refractivity contribution is 0.0945. The second-order valence-corrected chi connectivity index (χ2v) is 5.03. The molecule has 0 saturated heterocycles. The zero-order chi connectivity index (χ0) is 15.4. The van der Waals surface area contributed by atoms with Crippen molar-refractivity contribution < 1.29 is 9.53 Å². The smallest absolute Gasteiger partial charge is 0.252 e. The number of rotatable bonds is 6. The monoisotopic (exact) mass is 290 g/mol. The minimum absolute atomic E-state index is 0.0851. The summed E-state index contributed by atoms with van der Waals surface area (Å²) in [7, 11) is 1.84. The fraction of sp³-hybridized carbons (Fsp3) is 0.533. The van der Waals surface area contributed by atoms with Crippen molar-refractivity contribution in [1.82, 2.24) is 20.1 Å². The van der Waals surface area contributed by atoms with Crippen LogP contribution in [0.4, 0.5) is 0 Å². The lowest BCUT2D eigenvalue weighted by atomic mass is 10.1. The van der Waals surface area contributed by atoms with Crippen LogP contribution in [0.15, 0.2) is 6.07 Å². The molecule has 0 saturated carbocycles. The summed E-state index contributed by atoms with van der Waals surface area (Å²) < 4.78 is 6.97. The number of nitrogens with zero attached hydrogens (tertiary/aromatic N) is 3. The van der Waals surface area contributed by atoms with Gasteiger partial charge in [0.25, 0.3) is 5.91 Å². The first kappa shape index (κ1) is 15.4. The largest absolute Gasteiger partial charge is 0.382 e. The van der Waals surface area contributed by atoms with Gasteiger partial charge in [0.1, 0.15) is 0 Å². The third kappa shape index (κ3) is 3.39. The number of hydrogen-bond acceptors (Lipinski definition) is 4. The highest BCUT2D eigenvalue weighted by Gasteiger charge is 2.17. The molecular formula is C15H22N4O2. The van der Waals surface area contributed by atoms with Gasteiger partial charge < -0.3 is 10.1 Å². The summed E-state index contributed by atoms with van der Waals surface area (Å²) in [5.41, 5.74) is 3.01. The molecule has 0 fully saturated rings. The van der Waals surface area contributed by atoms with Gasteiger partial charge in [-0.2, -0.15) is 5.10 Å². The molecule has 0 bridgehead atoms. The first-order valence-corrected chi connectivity index (χ1v) is 7.21. The number of pyridine rings is 1. The van der Waals surface area contributed by atoms with Crippen LogP contribution >= 0.6 is 0 Å². The summed E-state index contributed by atoms with van der Waals surface area (Å²) >= 11 is 0. The molecule has 2 heterocycles. The fourth-order valence-corrected chi connectivity index (χ4v) is 2.36. The zero-order valence-electron chi connectivity index (χ0n) is 13.1. The number of hydrogen-bond donors (Lipinski definition) is 1. The molecule has 21 heavy (non-hydrogen) atoms. The average molecular weight is 290 g/mol.